The second-order valence-corrected chi connectivity index (χ2v) is 10.4. The fraction of sp³-hybridized carbons (Fsp3) is 0.222. The summed E-state index contributed by atoms with van der Waals surface area (Å²) >= 11 is 7.18. The second-order valence-electron chi connectivity index (χ2n) is 8.88. The van der Waals surface area contributed by atoms with Gasteiger partial charge in [-0.3, -0.25) is 4.79 Å². The lowest BCUT2D eigenvalue weighted by atomic mass is 10.1. The molecule has 1 atom stereocenters. The number of anilines is 1. The Morgan fingerprint density at radius 2 is 1.71 bits per heavy atom. The molecule has 11 heteroatoms. The highest BCUT2D eigenvalue weighted by Gasteiger charge is 2.32. The Balaban J connectivity index is 1.72. The Bertz CT molecular complexity index is 1430. The number of thioether (sulfide) groups is 1. The zero-order valence-corrected chi connectivity index (χ0v) is 21.9. The van der Waals surface area contributed by atoms with E-state index in [9.17, 15) is 22.4 Å². The van der Waals surface area contributed by atoms with Crippen LogP contribution in [0.1, 0.15) is 30.2 Å². The van der Waals surface area contributed by atoms with Gasteiger partial charge in [-0.05, 0) is 41.8 Å². The van der Waals surface area contributed by atoms with Crippen molar-refractivity contribution in [1.82, 2.24) is 14.8 Å². The van der Waals surface area contributed by atoms with Crippen molar-refractivity contribution in [2.45, 2.75) is 37.0 Å². The van der Waals surface area contributed by atoms with Crippen LogP contribution >= 0.6 is 23.4 Å². The van der Waals surface area contributed by atoms with Gasteiger partial charge in [-0.1, -0.05) is 79.7 Å². The third kappa shape index (κ3) is 6.36. The zero-order valence-electron chi connectivity index (χ0n) is 20.3. The van der Waals surface area contributed by atoms with E-state index in [1.807, 2.05) is 13.8 Å². The molecule has 0 aliphatic heterocycles. The molecule has 1 amide bonds. The zero-order chi connectivity index (χ0) is 27.4. The molecular weight excluding hydrogens is 540 g/mol. The maximum absolute atomic E-state index is 14.6. The molecule has 5 nitrogen and oxygen atoms in total. The lowest BCUT2D eigenvalue weighted by Crippen LogP contribution is -2.20. The maximum Gasteiger partial charge on any atom is 0.416 e. The van der Waals surface area contributed by atoms with Gasteiger partial charge in [0.05, 0.1) is 21.8 Å². The molecule has 1 aromatic heterocycles. The van der Waals surface area contributed by atoms with Crippen LogP contribution in [0.3, 0.4) is 0 Å². The highest BCUT2D eigenvalue weighted by molar-refractivity contribution is 8.00. The van der Waals surface area contributed by atoms with Gasteiger partial charge in [0, 0.05) is 6.54 Å². The molecule has 1 N–H and O–H groups in total. The third-order valence-electron chi connectivity index (χ3n) is 5.49. The maximum atomic E-state index is 14.6. The molecule has 0 spiro atoms. The molecular formula is C27H23ClF4N4OS. The number of carbonyl (C=O) groups excluding carboxylic acids is 1. The highest BCUT2D eigenvalue weighted by atomic mass is 35.5. The van der Waals surface area contributed by atoms with Crippen LogP contribution in [-0.4, -0.2) is 20.7 Å². The van der Waals surface area contributed by atoms with Crippen molar-refractivity contribution < 1.29 is 22.4 Å². The summed E-state index contributed by atoms with van der Waals surface area (Å²) in [6, 6.07) is 17.7. The quantitative estimate of drug-likeness (QED) is 0.175. The topological polar surface area (TPSA) is 59.8 Å². The van der Waals surface area contributed by atoms with Gasteiger partial charge in [0.2, 0.25) is 5.91 Å². The Morgan fingerprint density at radius 1 is 1.03 bits per heavy atom. The SMILES string of the molecule is CC(C)Cn1c(S[C@@H](C(=O)Nc2cc(C(F)(F)F)ccc2Cl)c2ccccc2)nnc1-c1ccccc1F. The van der Waals surface area contributed by atoms with Crippen LogP contribution in [0.25, 0.3) is 11.4 Å². The van der Waals surface area contributed by atoms with Crippen molar-refractivity contribution in [3.05, 3.63) is 94.8 Å². The van der Waals surface area contributed by atoms with E-state index in [0.29, 0.717) is 23.1 Å². The van der Waals surface area contributed by atoms with E-state index in [4.69, 9.17) is 11.6 Å². The predicted molar refractivity (Wildman–Crippen MR) is 140 cm³/mol. The molecule has 0 fully saturated rings. The number of alkyl halides is 3. The van der Waals surface area contributed by atoms with Gasteiger partial charge in [-0.2, -0.15) is 13.2 Å². The number of rotatable bonds is 8. The molecule has 38 heavy (non-hydrogen) atoms. The highest BCUT2D eigenvalue weighted by Crippen LogP contribution is 2.39. The van der Waals surface area contributed by atoms with Crippen LogP contribution in [0, 0.1) is 11.7 Å². The van der Waals surface area contributed by atoms with Crippen LogP contribution < -0.4 is 5.32 Å². The van der Waals surface area contributed by atoms with Crippen molar-refractivity contribution in [1.29, 1.82) is 0 Å². The molecule has 0 radical (unpaired) electrons. The number of nitrogens with zero attached hydrogens (tertiary/aromatic N) is 3. The molecule has 1 heterocycles. The van der Waals surface area contributed by atoms with Crippen LogP contribution in [0.15, 0.2) is 78.0 Å². The first kappa shape index (κ1) is 27.7. The van der Waals surface area contributed by atoms with Gasteiger partial charge < -0.3 is 9.88 Å². The number of amides is 1. The molecule has 0 saturated heterocycles. The number of halogens is 5. The minimum atomic E-state index is -4.60. The molecule has 4 rings (SSSR count). The average molecular weight is 563 g/mol. The molecule has 4 aromatic rings. The molecule has 0 unspecified atom stereocenters. The normalized spacial score (nSPS) is 12.5. The largest absolute Gasteiger partial charge is 0.416 e. The summed E-state index contributed by atoms with van der Waals surface area (Å²) < 4.78 is 56.1. The van der Waals surface area contributed by atoms with Gasteiger partial charge in [0.1, 0.15) is 11.1 Å². The molecule has 198 valence electrons. The number of benzene rings is 3. The fourth-order valence-corrected chi connectivity index (χ4v) is 4.96. The molecule has 3 aromatic carbocycles. The fourth-order valence-electron chi connectivity index (χ4n) is 3.75. The van der Waals surface area contributed by atoms with Crippen molar-refractivity contribution in [3.8, 4) is 11.4 Å². The van der Waals surface area contributed by atoms with E-state index in [2.05, 4.69) is 15.5 Å². The van der Waals surface area contributed by atoms with Crippen LogP contribution in [0.2, 0.25) is 5.02 Å². The second kappa shape index (κ2) is 11.6. The summed E-state index contributed by atoms with van der Waals surface area (Å²) in [5.41, 5.74) is -0.246. The lowest BCUT2D eigenvalue weighted by Gasteiger charge is -2.19. The molecule has 0 saturated carbocycles. The van der Waals surface area contributed by atoms with Gasteiger partial charge in [-0.25, -0.2) is 4.39 Å². The number of aromatic nitrogens is 3. The van der Waals surface area contributed by atoms with E-state index >= 15 is 0 Å². The van der Waals surface area contributed by atoms with Crippen LogP contribution in [0.4, 0.5) is 23.2 Å². The molecule has 0 aliphatic rings. The lowest BCUT2D eigenvalue weighted by molar-refractivity contribution is -0.137. The van der Waals surface area contributed by atoms with E-state index in [1.165, 1.54) is 6.07 Å². The molecule has 0 bridgehead atoms. The Labute approximate surface area is 226 Å². The van der Waals surface area contributed by atoms with Crippen LogP contribution in [-0.2, 0) is 17.5 Å². The summed E-state index contributed by atoms with van der Waals surface area (Å²) in [7, 11) is 0. The Morgan fingerprint density at radius 3 is 2.37 bits per heavy atom. The standard InChI is InChI=1S/C27H23ClF4N4OS/c1-16(2)15-36-24(19-10-6-7-11-21(19)29)34-35-26(36)38-23(17-8-4-3-5-9-17)25(37)33-22-14-18(27(30,31)32)12-13-20(22)28/h3-14,16,23H,15H2,1-2H3,(H,33,37)/t23-/m1/s1. The van der Waals surface area contributed by atoms with Crippen molar-refractivity contribution in [3.63, 3.8) is 0 Å². The summed E-state index contributed by atoms with van der Waals surface area (Å²) in [5, 5.41) is 10.4. The minimum absolute atomic E-state index is 0.0343. The van der Waals surface area contributed by atoms with E-state index in [0.717, 1.165) is 30.0 Å². The summed E-state index contributed by atoms with van der Waals surface area (Å²) in [5.74, 6) is -0.608. The first-order valence-electron chi connectivity index (χ1n) is 11.6. The number of hydrogen-bond donors (Lipinski definition) is 1. The van der Waals surface area contributed by atoms with Crippen molar-refractivity contribution in [2.75, 3.05) is 5.32 Å². The van der Waals surface area contributed by atoms with Crippen molar-refractivity contribution in [2.24, 2.45) is 5.92 Å². The summed E-state index contributed by atoms with van der Waals surface area (Å²) in [6.07, 6.45) is -4.60. The number of hydrogen-bond acceptors (Lipinski definition) is 4. The van der Waals surface area contributed by atoms with Gasteiger partial charge in [-0.15, -0.1) is 10.2 Å². The first-order chi connectivity index (χ1) is 18.0. The Kier molecular flexibility index (Phi) is 8.42. The number of carbonyl (C=O) groups is 1. The van der Waals surface area contributed by atoms with Gasteiger partial charge >= 0.3 is 6.18 Å². The van der Waals surface area contributed by atoms with E-state index < -0.39 is 28.7 Å². The number of nitrogens with one attached hydrogen (secondary N) is 1. The average Bonchev–Trinajstić information content (AvgIpc) is 3.25. The first-order valence-corrected chi connectivity index (χ1v) is 12.9. The van der Waals surface area contributed by atoms with Gasteiger partial charge in [0.25, 0.3) is 0 Å². The van der Waals surface area contributed by atoms with Crippen molar-refractivity contribution >= 4 is 35.0 Å². The van der Waals surface area contributed by atoms with E-state index in [-0.39, 0.29) is 22.2 Å². The Hall–Kier alpha value is -3.37. The van der Waals surface area contributed by atoms with Gasteiger partial charge in [0.15, 0.2) is 11.0 Å². The molecule has 0 aliphatic carbocycles. The smallest absolute Gasteiger partial charge is 0.323 e. The predicted octanol–water partition coefficient (Wildman–Crippen LogP) is 7.88. The minimum Gasteiger partial charge on any atom is -0.323 e. The summed E-state index contributed by atoms with van der Waals surface area (Å²) in [4.78, 5) is 13.5. The van der Waals surface area contributed by atoms with Crippen LogP contribution in [0.5, 0.6) is 0 Å². The monoisotopic (exact) mass is 562 g/mol. The summed E-state index contributed by atoms with van der Waals surface area (Å²) in [6.45, 7) is 4.41. The third-order valence-corrected chi connectivity index (χ3v) is 7.06. The van der Waals surface area contributed by atoms with E-state index in [1.54, 1.807) is 53.1 Å².